The van der Waals surface area contributed by atoms with Gasteiger partial charge in [0, 0.05) is 48.0 Å². The van der Waals surface area contributed by atoms with Crippen molar-refractivity contribution in [1.29, 1.82) is 0 Å². The molecule has 6 rings (SSSR count). The highest BCUT2D eigenvalue weighted by Gasteiger charge is 2.18. The second-order valence-corrected chi connectivity index (χ2v) is 9.60. The third kappa shape index (κ3) is 4.32. The summed E-state index contributed by atoms with van der Waals surface area (Å²) >= 11 is 0. The lowest BCUT2D eigenvalue weighted by Crippen LogP contribution is -2.00. The van der Waals surface area contributed by atoms with E-state index in [4.69, 9.17) is 16.5 Å². The summed E-state index contributed by atoms with van der Waals surface area (Å²) in [5.41, 5.74) is 21.0. The van der Waals surface area contributed by atoms with Gasteiger partial charge in [0.2, 0.25) is 0 Å². The predicted octanol–water partition coefficient (Wildman–Crippen LogP) is 4.67. The summed E-state index contributed by atoms with van der Waals surface area (Å²) in [5, 5.41) is 6.35. The van der Waals surface area contributed by atoms with E-state index in [9.17, 15) is 0 Å². The van der Waals surface area contributed by atoms with Gasteiger partial charge in [0.15, 0.2) is 5.65 Å². The topological polar surface area (TPSA) is 126 Å². The Labute approximate surface area is 220 Å². The molecule has 0 atom stereocenters. The average Bonchev–Trinajstić information content (AvgIpc) is 3.52. The van der Waals surface area contributed by atoms with Gasteiger partial charge >= 0.3 is 0 Å². The van der Waals surface area contributed by atoms with Crippen LogP contribution in [-0.2, 0) is 26.3 Å². The Balaban J connectivity index is 1.31. The molecule has 0 aliphatic heterocycles. The van der Waals surface area contributed by atoms with Crippen molar-refractivity contribution in [1.82, 2.24) is 34.3 Å². The number of hydrogen-bond donors (Lipinski definition) is 2. The Morgan fingerprint density at radius 3 is 2.61 bits per heavy atom. The van der Waals surface area contributed by atoms with Gasteiger partial charge in [0.05, 0.1) is 28.5 Å². The van der Waals surface area contributed by atoms with E-state index in [0.717, 1.165) is 81.5 Å². The van der Waals surface area contributed by atoms with Crippen molar-refractivity contribution in [3.63, 3.8) is 0 Å². The lowest BCUT2D eigenvalue weighted by molar-refractivity contribution is 0.771. The van der Waals surface area contributed by atoms with Gasteiger partial charge in [-0.25, -0.2) is 9.97 Å². The van der Waals surface area contributed by atoms with Crippen molar-refractivity contribution in [3.05, 3.63) is 84.3 Å². The van der Waals surface area contributed by atoms with E-state index in [-0.39, 0.29) is 0 Å². The minimum Gasteiger partial charge on any atom is -0.398 e. The van der Waals surface area contributed by atoms with Crippen LogP contribution in [0.2, 0.25) is 0 Å². The molecule has 190 valence electrons. The van der Waals surface area contributed by atoms with Crippen LogP contribution >= 0.6 is 0 Å². The SMILES string of the molecule is CCCc1cc(N)c2ccc(CCc3cncc(-n4cc(-c5ccn(C)n5)c5c(N)ncnc54)c3)cc2n1. The highest BCUT2D eigenvalue weighted by molar-refractivity contribution is 6.00. The summed E-state index contributed by atoms with van der Waals surface area (Å²) in [4.78, 5) is 18.1. The number of fused-ring (bicyclic) bond motifs is 2. The number of anilines is 2. The molecule has 0 aliphatic rings. The highest BCUT2D eigenvalue weighted by atomic mass is 15.2. The molecule has 0 saturated heterocycles. The van der Waals surface area contributed by atoms with Crippen LogP contribution in [0.5, 0.6) is 0 Å². The Bertz CT molecular complexity index is 1780. The first kappa shape index (κ1) is 23.6. The smallest absolute Gasteiger partial charge is 0.150 e. The minimum absolute atomic E-state index is 0.422. The molecule has 0 radical (unpaired) electrons. The average molecular weight is 504 g/mol. The van der Waals surface area contributed by atoms with E-state index < -0.39 is 0 Å². The Hall–Kier alpha value is -4.79. The van der Waals surface area contributed by atoms with E-state index in [1.54, 1.807) is 4.68 Å². The van der Waals surface area contributed by atoms with Crippen molar-refractivity contribution < 1.29 is 0 Å². The number of nitrogens with zero attached hydrogens (tertiary/aromatic N) is 7. The van der Waals surface area contributed by atoms with Crippen molar-refractivity contribution >= 4 is 33.4 Å². The zero-order valence-corrected chi connectivity index (χ0v) is 21.5. The molecule has 4 N–H and O–H groups in total. The summed E-state index contributed by atoms with van der Waals surface area (Å²) in [6.45, 7) is 2.15. The van der Waals surface area contributed by atoms with Crippen LogP contribution in [0.4, 0.5) is 11.5 Å². The van der Waals surface area contributed by atoms with Crippen LogP contribution in [0.3, 0.4) is 0 Å². The summed E-state index contributed by atoms with van der Waals surface area (Å²) < 4.78 is 3.77. The number of aryl methyl sites for hydroxylation is 4. The maximum Gasteiger partial charge on any atom is 0.150 e. The molecule has 9 nitrogen and oxygen atoms in total. The summed E-state index contributed by atoms with van der Waals surface area (Å²) in [6.07, 6.45) is 12.8. The molecule has 0 saturated carbocycles. The van der Waals surface area contributed by atoms with Gasteiger partial charge in [-0.15, -0.1) is 0 Å². The molecule has 6 aromatic rings. The van der Waals surface area contributed by atoms with Gasteiger partial charge < -0.3 is 11.5 Å². The quantitative estimate of drug-likeness (QED) is 0.324. The maximum atomic E-state index is 6.29. The van der Waals surface area contributed by atoms with Gasteiger partial charge in [-0.3, -0.25) is 19.2 Å². The fourth-order valence-electron chi connectivity index (χ4n) is 4.96. The van der Waals surface area contributed by atoms with Gasteiger partial charge in [-0.2, -0.15) is 5.10 Å². The summed E-state index contributed by atoms with van der Waals surface area (Å²) in [7, 11) is 1.89. The number of benzene rings is 1. The predicted molar refractivity (Wildman–Crippen MR) is 151 cm³/mol. The Kier molecular flexibility index (Phi) is 5.95. The zero-order chi connectivity index (χ0) is 26.2. The van der Waals surface area contributed by atoms with Crippen LogP contribution in [0.25, 0.3) is 38.9 Å². The molecule has 9 heteroatoms. The van der Waals surface area contributed by atoms with E-state index in [1.165, 1.54) is 11.9 Å². The molecule has 0 amide bonds. The molecule has 0 aliphatic carbocycles. The van der Waals surface area contributed by atoms with E-state index in [0.29, 0.717) is 5.82 Å². The number of nitrogens with two attached hydrogens (primary N) is 2. The van der Waals surface area contributed by atoms with Crippen molar-refractivity contribution in [3.8, 4) is 16.9 Å². The third-order valence-corrected chi connectivity index (χ3v) is 6.83. The minimum atomic E-state index is 0.422. The molecule has 38 heavy (non-hydrogen) atoms. The fourth-order valence-corrected chi connectivity index (χ4v) is 4.96. The van der Waals surface area contributed by atoms with Crippen LogP contribution in [-0.4, -0.2) is 34.3 Å². The molecule has 0 bridgehead atoms. The van der Waals surface area contributed by atoms with Crippen molar-refractivity contribution in [2.75, 3.05) is 11.5 Å². The Morgan fingerprint density at radius 1 is 0.921 bits per heavy atom. The first-order chi connectivity index (χ1) is 18.5. The lowest BCUT2D eigenvalue weighted by atomic mass is 10.0. The molecule has 0 spiro atoms. The van der Waals surface area contributed by atoms with Crippen LogP contribution in [0.1, 0.15) is 30.2 Å². The first-order valence-electron chi connectivity index (χ1n) is 12.7. The molecule has 0 unspecified atom stereocenters. The number of aromatic nitrogens is 7. The number of rotatable bonds is 7. The molecule has 0 fully saturated rings. The number of nitrogen functional groups attached to an aromatic ring is 2. The number of hydrogen-bond acceptors (Lipinski definition) is 7. The first-order valence-corrected chi connectivity index (χ1v) is 12.7. The zero-order valence-electron chi connectivity index (χ0n) is 21.5. The van der Waals surface area contributed by atoms with Gasteiger partial charge in [-0.05, 0) is 54.7 Å². The standard InChI is InChI=1S/C29H29N9/c1-3-4-20-13-24(30)22-8-7-18(12-26(22)35-20)5-6-19-11-21(15-32-14-19)38-16-23(25-9-10-37(2)36-25)27-28(31)33-17-34-29(27)38/h7-17H,3-6H2,1-2H3,(H2,30,35)(H2,31,33,34). The summed E-state index contributed by atoms with van der Waals surface area (Å²) in [6, 6.07) is 12.5. The fraction of sp³-hybridized carbons (Fsp3) is 0.207. The summed E-state index contributed by atoms with van der Waals surface area (Å²) in [5.74, 6) is 0.422. The second kappa shape index (κ2) is 9.59. The largest absolute Gasteiger partial charge is 0.398 e. The molecule has 1 aromatic carbocycles. The van der Waals surface area contributed by atoms with Crippen LogP contribution < -0.4 is 11.5 Å². The van der Waals surface area contributed by atoms with Crippen molar-refractivity contribution in [2.45, 2.75) is 32.6 Å². The maximum absolute atomic E-state index is 6.29. The van der Waals surface area contributed by atoms with E-state index in [2.05, 4.69) is 51.2 Å². The number of pyridine rings is 2. The Morgan fingerprint density at radius 2 is 1.79 bits per heavy atom. The van der Waals surface area contributed by atoms with Crippen LogP contribution in [0.15, 0.2) is 67.5 Å². The van der Waals surface area contributed by atoms with Crippen LogP contribution in [0, 0.1) is 0 Å². The van der Waals surface area contributed by atoms with Gasteiger partial charge in [0.1, 0.15) is 12.1 Å². The second-order valence-electron chi connectivity index (χ2n) is 9.60. The molecular weight excluding hydrogens is 474 g/mol. The van der Waals surface area contributed by atoms with Gasteiger partial charge in [-0.1, -0.05) is 25.5 Å². The monoisotopic (exact) mass is 503 g/mol. The highest BCUT2D eigenvalue weighted by Crippen LogP contribution is 2.33. The van der Waals surface area contributed by atoms with E-state index >= 15 is 0 Å². The van der Waals surface area contributed by atoms with Crippen molar-refractivity contribution in [2.24, 2.45) is 7.05 Å². The van der Waals surface area contributed by atoms with Gasteiger partial charge in [0.25, 0.3) is 0 Å². The molecular formula is C29H29N9. The third-order valence-electron chi connectivity index (χ3n) is 6.83. The molecule has 5 aromatic heterocycles. The molecule has 5 heterocycles. The normalized spacial score (nSPS) is 11.5. The van der Waals surface area contributed by atoms with E-state index in [1.807, 2.05) is 48.5 Å². The lowest BCUT2D eigenvalue weighted by Gasteiger charge is -2.09.